The van der Waals surface area contributed by atoms with Crippen LogP contribution in [0.25, 0.3) is 0 Å². The summed E-state index contributed by atoms with van der Waals surface area (Å²) in [5, 5.41) is 13.6. The van der Waals surface area contributed by atoms with Crippen molar-refractivity contribution in [3.05, 3.63) is 0 Å². The SMILES string of the molecule is CNC(=O)NC(=O)CN1CCC(O)C1. The third-order valence-electron chi connectivity index (χ3n) is 2.09. The second-order valence-electron chi connectivity index (χ2n) is 3.30. The number of likely N-dealkylation sites (tertiary alicyclic amines) is 1. The molecule has 0 aliphatic carbocycles. The van der Waals surface area contributed by atoms with Crippen molar-refractivity contribution in [2.75, 3.05) is 26.7 Å². The van der Waals surface area contributed by atoms with Crippen LogP contribution < -0.4 is 10.6 Å². The zero-order valence-electron chi connectivity index (χ0n) is 8.12. The van der Waals surface area contributed by atoms with Gasteiger partial charge in [0.15, 0.2) is 0 Å². The summed E-state index contributed by atoms with van der Waals surface area (Å²) in [6.45, 7) is 1.36. The molecule has 1 aliphatic heterocycles. The average molecular weight is 201 g/mol. The Morgan fingerprint density at radius 1 is 1.57 bits per heavy atom. The highest BCUT2D eigenvalue weighted by Gasteiger charge is 2.22. The molecule has 0 aromatic carbocycles. The van der Waals surface area contributed by atoms with Crippen LogP contribution in [0.2, 0.25) is 0 Å². The van der Waals surface area contributed by atoms with Crippen LogP contribution in [0.15, 0.2) is 0 Å². The van der Waals surface area contributed by atoms with Gasteiger partial charge in [-0.2, -0.15) is 0 Å². The minimum absolute atomic E-state index is 0.157. The molecule has 1 saturated heterocycles. The molecule has 14 heavy (non-hydrogen) atoms. The van der Waals surface area contributed by atoms with Gasteiger partial charge in [-0.25, -0.2) is 4.79 Å². The Bertz CT molecular complexity index is 232. The van der Waals surface area contributed by atoms with E-state index in [1.54, 1.807) is 0 Å². The van der Waals surface area contributed by atoms with Gasteiger partial charge in [-0.1, -0.05) is 0 Å². The normalized spacial score (nSPS) is 22.0. The topological polar surface area (TPSA) is 81.7 Å². The first-order chi connectivity index (χ1) is 6.61. The minimum Gasteiger partial charge on any atom is -0.392 e. The Morgan fingerprint density at radius 3 is 2.79 bits per heavy atom. The highest BCUT2D eigenvalue weighted by atomic mass is 16.3. The Balaban J connectivity index is 2.23. The number of urea groups is 1. The van der Waals surface area contributed by atoms with Gasteiger partial charge in [-0.05, 0) is 6.42 Å². The van der Waals surface area contributed by atoms with Gasteiger partial charge in [-0.15, -0.1) is 0 Å². The fourth-order valence-electron chi connectivity index (χ4n) is 1.39. The lowest BCUT2D eigenvalue weighted by Crippen LogP contribution is -2.43. The molecule has 1 atom stereocenters. The summed E-state index contributed by atoms with van der Waals surface area (Å²) >= 11 is 0. The summed E-state index contributed by atoms with van der Waals surface area (Å²) in [5.41, 5.74) is 0. The number of nitrogens with zero attached hydrogens (tertiary/aromatic N) is 1. The molecule has 6 heteroatoms. The number of amides is 3. The maximum Gasteiger partial charge on any atom is 0.321 e. The van der Waals surface area contributed by atoms with E-state index in [-0.39, 0.29) is 18.6 Å². The summed E-state index contributed by atoms with van der Waals surface area (Å²) in [5.74, 6) is -0.349. The molecule has 0 spiro atoms. The van der Waals surface area contributed by atoms with E-state index in [0.717, 1.165) is 0 Å². The molecule has 0 aromatic rings. The van der Waals surface area contributed by atoms with E-state index < -0.39 is 6.03 Å². The number of β-amino-alcohol motifs (C(OH)–C–C–N with tert-alkyl or cyclic N) is 1. The molecular weight excluding hydrogens is 186 g/mol. The van der Waals surface area contributed by atoms with Gasteiger partial charge in [-0.3, -0.25) is 15.0 Å². The predicted molar refractivity (Wildman–Crippen MR) is 49.7 cm³/mol. The molecule has 6 nitrogen and oxygen atoms in total. The monoisotopic (exact) mass is 201 g/mol. The van der Waals surface area contributed by atoms with Gasteiger partial charge in [0.1, 0.15) is 0 Å². The first-order valence-corrected chi connectivity index (χ1v) is 4.54. The van der Waals surface area contributed by atoms with Crippen LogP contribution in [-0.2, 0) is 4.79 Å². The van der Waals surface area contributed by atoms with E-state index in [1.807, 2.05) is 4.90 Å². The first kappa shape index (κ1) is 10.9. The van der Waals surface area contributed by atoms with Crippen LogP contribution >= 0.6 is 0 Å². The molecule has 1 aliphatic rings. The van der Waals surface area contributed by atoms with Gasteiger partial charge in [0.05, 0.1) is 12.6 Å². The average Bonchev–Trinajstić information content (AvgIpc) is 2.50. The third-order valence-corrected chi connectivity index (χ3v) is 2.09. The molecule has 1 heterocycles. The largest absolute Gasteiger partial charge is 0.392 e. The van der Waals surface area contributed by atoms with Gasteiger partial charge < -0.3 is 10.4 Å². The number of hydrogen-bond acceptors (Lipinski definition) is 4. The van der Waals surface area contributed by atoms with E-state index in [1.165, 1.54) is 7.05 Å². The highest BCUT2D eigenvalue weighted by molar-refractivity contribution is 5.95. The molecule has 3 N–H and O–H groups in total. The van der Waals surface area contributed by atoms with Crippen LogP contribution in [0.1, 0.15) is 6.42 Å². The number of carbonyl (C=O) groups excluding carboxylic acids is 2. The van der Waals surface area contributed by atoms with E-state index in [4.69, 9.17) is 0 Å². The maximum absolute atomic E-state index is 11.2. The number of rotatable bonds is 2. The lowest BCUT2D eigenvalue weighted by Gasteiger charge is -2.13. The van der Waals surface area contributed by atoms with E-state index in [9.17, 15) is 14.7 Å². The molecule has 0 radical (unpaired) electrons. The molecule has 0 aromatic heterocycles. The molecule has 1 unspecified atom stereocenters. The van der Waals surface area contributed by atoms with E-state index >= 15 is 0 Å². The number of aliphatic hydroxyl groups is 1. The van der Waals surface area contributed by atoms with Crippen molar-refractivity contribution < 1.29 is 14.7 Å². The number of carbonyl (C=O) groups is 2. The van der Waals surface area contributed by atoms with Crippen LogP contribution in [0, 0.1) is 0 Å². The molecule has 0 bridgehead atoms. The lowest BCUT2D eigenvalue weighted by molar-refractivity contribution is -0.120. The fraction of sp³-hybridized carbons (Fsp3) is 0.750. The lowest BCUT2D eigenvalue weighted by atomic mass is 10.3. The van der Waals surface area contributed by atoms with Crippen LogP contribution in [0.4, 0.5) is 4.79 Å². The number of imide groups is 1. The minimum atomic E-state index is -0.505. The molecule has 80 valence electrons. The van der Waals surface area contributed by atoms with Crippen LogP contribution in [0.5, 0.6) is 0 Å². The van der Waals surface area contributed by atoms with Crippen LogP contribution in [-0.4, -0.2) is 54.7 Å². The molecule has 1 fully saturated rings. The predicted octanol–water partition coefficient (Wildman–Crippen LogP) is -1.49. The molecule has 1 rings (SSSR count). The number of hydrogen-bond donors (Lipinski definition) is 3. The number of aliphatic hydroxyl groups excluding tert-OH is 1. The standard InChI is InChI=1S/C8H15N3O3/c1-9-8(14)10-7(13)5-11-3-2-6(12)4-11/h6,12H,2-5H2,1H3,(H2,9,10,13,14). The summed E-state index contributed by atoms with van der Waals surface area (Å²) in [6.07, 6.45) is 0.343. The molecule has 3 amide bonds. The maximum atomic E-state index is 11.2. The zero-order valence-corrected chi connectivity index (χ0v) is 8.12. The summed E-state index contributed by atoms with van der Waals surface area (Å²) in [6, 6.07) is -0.505. The van der Waals surface area contributed by atoms with Crippen molar-refractivity contribution in [2.45, 2.75) is 12.5 Å². The van der Waals surface area contributed by atoms with E-state index in [0.29, 0.717) is 19.5 Å². The second kappa shape index (κ2) is 4.92. The quantitative estimate of drug-likeness (QED) is 0.508. The third kappa shape index (κ3) is 3.31. The highest BCUT2D eigenvalue weighted by Crippen LogP contribution is 2.07. The van der Waals surface area contributed by atoms with Gasteiger partial charge in [0, 0.05) is 20.1 Å². The second-order valence-corrected chi connectivity index (χ2v) is 3.30. The number of nitrogens with one attached hydrogen (secondary N) is 2. The summed E-state index contributed by atoms with van der Waals surface area (Å²) in [4.78, 5) is 23.7. The first-order valence-electron chi connectivity index (χ1n) is 4.54. The Morgan fingerprint density at radius 2 is 2.29 bits per heavy atom. The zero-order chi connectivity index (χ0) is 10.6. The van der Waals surface area contributed by atoms with Crippen molar-refractivity contribution in [3.63, 3.8) is 0 Å². The molecular formula is C8H15N3O3. The van der Waals surface area contributed by atoms with Gasteiger partial charge in [0.2, 0.25) is 5.91 Å². The van der Waals surface area contributed by atoms with E-state index in [2.05, 4.69) is 10.6 Å². The molecule has 0 saturated carbocycles. The van der Waals surface area contributed by atoms with Crippen molar-refractivity contribution in [3.8, 4) is 0 Å². The van der Waals surface area contributed by atoms with Crippen LogP contribution in [0.3, 0.4) is 0 Å². The van der Waals surface area contributed by atoms with Crippen molar-refractivity contribution in [1.29, 1.82) is 0 Å². The fourth-order valence-corrected chi connectivity index (χ4v) is 1.39. The van der Waals surface area contributed by atoms with Crippen molar-refractivity contribution in [1.82, 2.24) is 15.5 Å². The summed E-state index contributed by atoms with van der Waals surface area (Å²) < 4.78 is 0. The van der Waals surface area contributed by atoms with Crippen molar-refractivity contribution in [2.24, 2.45) is 0 Å². The Kier molecular flexibility index (Phi) is 3.84. The smallest absolute Gasteiger partial charge is 0.321 e. The van der Waals surface area contributed by atoms with Gasteiger partial charge in [0.25, 0.3) is 0 Å². The van der Waals surface area contributed by atoms with Gasteiger partial charge >= 0.3 is 6.03 Å². The Labute approximate surface area is 82.3 Å². The summed E-state index contributed by atoms with van der Waals surface area (Å²) in [7, 11) is 1.45. The van der Waals surface area contributed by atoms with Crippen molar-refractivity contribution >= 4 is 11.9 Å². The Hall–Kier alpha value is -1.14.